The lowest BCUT2D eigenvalue weighted by Gasteiger charge is -2.16. The second-order valence-electron chi connectivity index (χ2n) is 4.74. The van der Waals surface area contributed by atoms with Crippen LogP contribution in [0.2, 0.25) is 0 Å². The molecule has 0 spiro atoms. The Morgan fingerprint density at radius 2 is 2.29 bits per heavy atom. The second-order valence-corrected chi connectivity index (χ2v) is 4.74. The molecule has 1 saturated heterocycles. The minimum atomic E-state index is 0.0439. The Kier molecular flexibility index (Phi) is 4.15. The smallest absolute Gasteiger partial charge is 0.251 e. The summed E-state index contributed by atoms with van der Waals surface area (Å²) in [5, 5.41) is 6.45. The molecule has 0 aliphatic carbocycles. The van der Waals surface area contributed by atoms with Gasteiger partial charge in [-0.2, -0.15) is 0 Å². The number of amides is 1. The standard InChI is InChI=1S/C14H20N2O/c1-11-5-4-6-12(9-11)14(17)16-13-7-2-3-8-15-10-13/h4-6,9,13,15H,2-3,7-8,10H2,1H3,(H,16,17). The van der Waals surface area contributed by atoms with E-state index in [0.29, 0.717) is 0 Å². The third-order valence-electron chi connectivity index (χ3n) is 3.16. The van der Waals surface area contributed by atoms with Crippen LogP contribution in [0.5, 0.6) is 0 Å². The van der Waals surface area contributed by atoms with Crippen LogP contribution in [0.1, 0.15) is 35.2 Å². The Hall–Kier alpha value is -1.35. The maximum atomic E-state index is 12.0. The number of carbonyl (C=O) groups excluding carboxylic acids is 1. The van der Waals surface area contributed by atoms with Crippen LogP contribution < -0.4 is 10.6 Å². The van der Waals surface area contributed by atoms with Gasteiger partial charge in [-0.25, -0.2) is 0 Å². The summed E-state index contributed by atoms with van der Waals surface area (Å²) in [6, 6.07) is 8.00. The summed E-state index contributed by atoms with van der Waals surface area (Å²) in [5.41, 5.74) is 1.88. The largest absolute Gasteiger partial charge is 0.348 e. The zero-order chi connectivity index (χ0) is 12.1. The van der Waals surface area contributed by atoms with Crippen molar-refractivity contribution < 1.29 is 4.79 Å². The fraction of sp³-hybridized carbons (Fsp3) is 0.500. The molecule has 1 aromatic carbocycles. The van der Waals surface area contributed by atoms with Crippen molar-refractivity contribution in [2.45, 2.75) is 32.2 Å². The predicted octanol–water partition coefficient (Wildman–Crippen LogP) is 1.87. The molecule has 1 heterocycles. The molecule has 2 N–H and O–H groups in total. The van der Waals surface area contributed by atoms with Gasteiger partial charge in [0, 0.05) is 18.2 Å². The topological polar surface area (TPSA) is 41.1 Å². The molecule has 1 aromatic rings. The molecule has 0 radical (unpaired) electrons. The van der Waals surface area contributed by atoms with E-state index in [1.165, 1.54) is 12.8 Å². The van der Waals surface area contributed by atoms with Crippen LogP contribution in [0.4, 0.5) is 0 Å². The van der Waals surface area contributed by atoms with Crippen LogP contribution in [0, 0.1) is 6.92 Å². The molecule has 0 saturated carbocycles. The first-order valence-electron chi connectivity index (χ1n) is 6.34. The summed E-state index contributed by atoms with van der Waals surface area (Å²) in [6.45, 7) is 3.96. The van der Waals surface area contributed by atoms with E-state index in [1.54, 1.807) is 0 Å². The maximum absolute atomic E-state index is 12.0. The van der Waals surface area contributed by atoms with Crippen LogP contribution in [0.15, 0.2) is 24.3 Å². The number of carbonyl (C=O) groups is 1. The minimum Gasteiger partial charge on any atom is -0.348 e. The minimum absolute atomic E-state index is 0.0439. The SMILES string of the molecule is Cc1cccc(C(=O)NC2CCCCNC2)c1. The summed E-state index contributed by atoms with van der Waals surface area (Å²) in [7, 11) is 0. The average Bonchev–Trinajstić information content (AvgIpc) is 2.57. The Morgan fingerprint density at radius 3 is 3.12 bits per heavy atom. The first-order chi connectivity index (χ1) is 8.25. The van der Waals surface area contributed by atoms with Gasteiger partial charge in [-0.15, -0.1) is 0 Å². The molecule has 1 fully saturated rings. The zero-order valence-electron chi connectivity index (χ0n) is 10.3. The third kappa shape index (κ3) is 3.56. The van der Waals surface area contributed by atoms with Gasteiger partial charge in [0.25, 0.3) is 5.91 Å². The van der Waals surface area contributed by atoms with Gasteiger partial charge in [0.15, 0.2) is 0 Å². The fourth-order valence-electron chi connectivity index (χ4n) is 2.20. The molecule has 17 heavy (non-hydrogen) atoms. The van der Waals surface area contributed by atoms with Gasteiger partial charge < -0.3 is 10.6 Å². The molecule has 92 valence electrons. The average molecular weight is 232 g/mol. The molecule has 1 aliphatic rings. The van der Waals surface area contributed by atoms with Crippen LogP contribution in [0.25, 0.3) is 0 Å². The molecule has 0 bridgehead atoms. The summed E-state index contributed by atoms with van der Waals surface area (Å²) >= 11 is 0. The van der Waals surface area contributed by atoms with E-state index >= 15 is 0 Å². The quantitative estimate of drug-likeness (QED) is 0.817. The molecule has 1 amide bonds. The highest BCUT2D eigenvalue weighted by Gasteiger charge is 2.15. The van der Waals surface area contributed by atoms with Crippen molar-refractivity contribution in [3.05, 3.63) is 35.4 Å². The second kappa shape index (κ2) is 5.82. The molecule has 1 atom stereocenters. The van der Waals surface area contributed by atoms with Gasteiger partial charge in [0.2, 0.25) is 0 Å². The number of benzene rings is 1. The van der Waals surface area contributed by atoms with Crippen LogP contribution in [-0.4, -0.2) is 25.0 Å². The van der Waals surface area contributed by atoms with Crippen LogP contribution >= 0.6 is 0 Å². The normalized spacial score (nSPS) is 20.6. The molecular weight excluding hydrogens is 212 g/mol. The van der Waals surface area contributed by atoms with Crippen molar-refractivity contribution >= 4 is 5.91 Å². The van der Waals surface area contributed by atoms with Gasteiger partial charge in [0.05, 0.1) is 0 Å². The van der Waals surface area contributed by atoms with Crippen molar-refractivity contribution in [3.63, 3.8) is 0 Å². The van der Waals surface area contributed by atoms with E-state index in [4.69, 9.17) is 0 Å². The molecule has 3 heteroatoms. The van der Waals surface area contributed by atoms with E-state index in [2.05, 4.69) is 10.6 Å². The maximum Gasteiger partial charge on any atom is 0.251 e. The first-order valence-corrected chi connectivity index (χ1v) is 6.34. The molecule has 0 aromatic heterocycles. The van der Waals surface area contributed by atoms with Crippen molar-refractivity contribution in [2.75, 3.05) is 13.1 Å². The van der Waals surface area contributed by atoms with E-state index in [1.807, 2.05) is 31.2 Å². The number of hydrogen-bond acceptors (Lipinski definition) is 2. The summed E-state index contributed by atoms with van der Waals surface area (Å²) in [4.78, 5) is 12.0. The zero-order valence-corrected chi connectivity index (χ0v) is 10.3. The summed E-state index contributed by atoms with van der Waals surface area (Å²) < 4.78 is 0. The van der Waals surface area contributed by atoms with E-state index < -0.39 is 0 Å². The first kappa shape index (κ1) is 12.1. The van der Waals surface area contributed by atoms with Crippen molar-refractivity contribution in [1.82, 2.24) is 10.6 Å². The Balaban J connectivity index is 1.96. The third-order valence-corrected chi connectivity index (χ3v) is 3.16. The Morgan fingerprint density at radius 1 is 1.41 bits per heavy atom. The van der Waals surface area contributed by atoms with Gasteiger partial charge in [-0.05, 0) is 38.4 Å². The molecule has 2 rings (SSSR count). The van der Waals surface area contributed by atoms with Gasteiger partial charge >= 0.3 is 0 Å². The van der Waals surface area contributed by atoms with Crippen molar-refractivity contribution in [1.29, 1.82) is 0 Å². The van der Waals surface area contributed by atoms with Gasteiger partial charge in [-0.1, -0.05) is 24.1 Å². The highest BCUT2D eigenvalue weighted by atomic mass is 16.1. The lowest BCUT2D eigenvalue weighted by Crippen LogP contribution is -2.40. The Bertz CT molecular complexity index is 382. The van der Waals surface area contributed by atoms with Crippen molar-refractivity contribution in [3.8, 4) is 0 Å². The van der Waals surface area contributed by atoms with E-state index in [9.17, 15) is 4.79 Å². The molecule has 3 nitrogen and oxygen atoms in total. The summed E-state index contributed by atoms with van der Waals surface area (Å²) in [6.07, 6.45) is 3.47. The van der Waals surface area contributed by atoms with Gasteiger partial charge in [0.1, 0.15) is 0 Å². The highest BCUT2D eigenvalue weighted by molar-refractivity contribution is 5.94. The molecular formula is C14H20N2O. The van der Waals surface area contributed by atoms with E-state index in [-0.39, 0.29) is 11.9 Å². The van der Waals surface area contributed by atoms with Crippen LogP contribution in [0.3, 0.4) is 0 Å². The lowest BCUT2D eigenvalue weighted by atomic mass is 10.1. The lowest BCUT2D eigenvalue weighted by molar-refractivity contribution is 0.0935. The predicted molar refractivity (Wildman–Crippen MR) is 69.2 cm³/mol. The van der Waals surface area contributed by atoms with Crippen LogP contribution in [-0.2, 0) is 0 Å². The molecule has 1 aliphatic heterocycles. The number of aryl methyl sites for hydroxylation is 1. The van der Waals surface area contributed by atoms with E-state index in [0.717, 1.165) is 30.6 Å². The number of hydrogen-bond donors (Lipinski definition) is 2. The Labute approximate surface area is 103 Å². The highest BCUT2D eigenvalue weighted by Crippen LogP contribution is 2.07. The van der Waals surface area contributed by atoms with Crippen molar-refractivity contribution in [2.24, 2.45) is 0 Å². The fourth-order valence-corrected chi connectivity index (χ4v) is 2.20. The monoisotopic (exact) mass is 232 g/mol. The molecule has 1 unspecified atom stereocenters. The van der Waals surface area contributed by atoms with Gasteiger partial charge in [-0.3, -0.25) is 4.79 Å². The number of nitrogens with one attached hydrogen (secondary N) is 2. The summed E-state index contributed by atoms with van der Waals surface area (Å²) in [5.74, 6) is 0.0439. The number of rotatable bonds is 2.